The number of hydrogen-bond donors (Lipinski definition) is 1. The van der Waals surface area contributed by atoms with Gasteiger partial charge in [0.1, 0.15) is 5.75 Å². The SMILES string of the molecule is CSc1cc(C)c(SC)c(Br)c1O. The van der Waals surface area contributed by atoms with Crippen molar-refractivity contribution in [3.8, 4) is 5.75 Å². The Morgan fingerprint density at radius 2 is 1.92 bits per heavy atom. The van der Waals surface area contributed by atoms with Crippen LogP contribution in [0.5, 0.6) is 5.75 Å². The molecule has 0 fully saturated rings. The molecule has 1 aromatic carbocycles. The molecule has 1 aromatic rings. The fourth-order valence-corrected chi connectivity index (χ4v) is 3.52. The second-order valence-corrected chi connectivity index (χ2v) is 5.05. The average molecular weight is 279 g/mol. The molecule has 1 N–H and O–H groups in total. The van der Waals surface area contributed by atoms with Crippen molar-refractivity contribution in [1.29, 1.82) is 0 Å². The van der Waals surface area contributed by atoms with Crippen LogP contribution in [0.1, 0.15) is 5.56 Å². The van der Waals surface area contributed by atoms with Gasteiger partial charge in [0.05, 0.1) is 9.37 Å². The van der Waals surface area contributed by atoms with Crippen LogP contribution in [0.15, 0.2) is 20.3 Å². The van der Waals surface area contributed by atoms with Crippen molar-refractivity contribution in [2.75, 3.05) is 12.5 Å². The normalized spacial score (nSPS) is 10.5. The van der Waals surface area contributed by atoms with Gasteiger partial charge in [0, 0.05) is 4.90 Å². The minimum absolute atomic E-state index is 0.349. The number of aryl methyl sites for hydroxylation is 1. The summed E-state index contributed by atoms with van der Waals surface area (Å²) in [6.45, 7) is 2.05. The summed E-state index contributed by atoms with van der Waals surface area (Å²) in [4.78, 5) is 2.03. The fourth-order valence-electron chi connectivity index (χ4n) is 1.13. The summed E-state index contributed by atoms with van der Waals surface area (Å²) in [7, 11) is 0. The van der Waals surface area contributed by atoms with Gasteiger partial charge in [0.2, 0.25) is 0 Å². The Hall–Kier alpha value is 0.200. The maximum Gasteiger partial charge on any atom is 0.144 e. The molecule has 72 valence electrons. The summed E-state index contributed by atoms with van der Waals surface area (Å²) in [6, 6.07) is 2.01. The van der Waals surface area contributed by atoms with E-state index in [1.54, 1.807) is 23.5 Å². The lowest BCUT2D eigenvalue weighted by Crippen LogP contribution is -1.84. The van der Waals surface area contributed by atoms with Crippen molar-refractivity contribution in [3.05, 3.63) is 16.1 Å². The van der Waals surface area contributed by atoms with Gasteiger partial charge in [-0.25, -0.2) is 0 Å². The van der Waals surface area contributed by atoms with E-state index >= 15 is 0 Å². The van der Waals surface area contributed by atoms with Crippen LogP contribution in [0.3, 0.4) is 0 Å². The maximum absolute atomic E-state index is 9.75. The highest BCUT2D eigenvalue weighted by Gasteiger charge is 2.12. The van der Waals surface area contributed by atoms with Crippen molar-refractivity contribution >= 4 is 39.5 Å². The van der Waals surface area contributed by atoms with E-state index in [1.165, 1.54) is 5.56 Å². The highest BCUT2D eigenvalue weighted by Crippen LogP contribution is 2.41. The Morgan fingerprint density at radius 1 is 1.31 bits per heavy atom. The number of aromatic hydroxyl groups is 1. The zero-order valence-electron chi connectivity index (χ0n) is 7.72. The molecule has 0 unspecified atom stereocenters. The summed E-state index contributed by atoms with van der Waals surface area (Å²) in [5.74, 6) is 0.349. The summed E-state index contributed by atoms with van der Waals surface area (Å²) in [6.07, 6.45) is 3.96. The summed E-state index contributed by atoms with van der Waals surface area (Å²) in [5.41, 5.74) is 1.20. The van der Waals surface area contributed by atoms with Crippen molar-refractivity contribution in [1.82, 2.24) is 0 Å². The first kappa shape index (κ1) is 11.3. The van der Waals surface area contributed by atoms with Crippen LogP contribution in [-0.2, 0) is 0 Å². The van der Waals surface area contributed by atoms with Gasteiger partial charge in [0.25, 0.3) is 0 Å². The van der Waals surface area contributed by atoms with Gasteiger partial charge in [-0.15, -0.1) is 23.5 Å². The van der Waals surface area contributed by atoms with Crippen molar-refractivity contribution < 1.29 is 5.11 Å². The number of phenolic OH excluding ortho intramolecular Hbond substituents is 1. The molecule has 1 rings (SSSR count). The van der Waals surface area contributed by atoms with E-state index in [4.69, 9.17) is 0 Å². The van der Waals surface area contributed by atoms with E-state index in [1.807, 2.05) is 18.6 Å². The molecule has 0 atom stereocenters. The lowest BCUT2D eigenvalue weighted by molar-refractivity contribution is 0.456. The van der Waals surface area contributed by atoms with Gasteiger partial charge >= 0.3 is 0 Å². The highest BCUT2D eigenvalue weighted by molar-refractivity contribution is 9.10. The Bertz CT molecular complexity index is 326. The molecule has 4 heteroatoms. The number of rotatable bonds is 2. The van der Waals surface area contributed by atoms with Gasteiger partial charge in [-0.3, -0.25) is 0 Å². The van der Waals surface area contributed by atoms with E-state index in [0.29, 0.717) is 5.75 Å². The quantitative estimate of drug-likeness (QED) is 0.829. The molecule has 0 spiro atoms. The van der Waals surface area contributed by atoms with Gasteiger partial charge in [-0.2, -0.15) is 0 Å². The van der Waals surface area contributed by atoms with Crippen LogP contribution in [0.2, 0.25) is 0 Å². The molecule has 0 saturated carbocycles. The summed E-state index contributed by atoms with van der Waals surface area (Å²) < 4.78 is 0.810. The van der Waals surface area contributed by atoms with Gasteiger partial charge < -0.3 is 5.11 Å². The second-order valence-electron chi connectivity index (χ2n) is 2.59. The molecule has 0 aliphatic rings. The fraction of sp³-hybridized carbons (Fsp3) is 0.333. The highest BCUT2D eigenvalue weighted by atomic mass is 79.9. The lowest BCUT2D eigenvalue weighted by Gasteiger charge is -2.10. The lowest BCUT2D eigenvalue weighted by atomic mass is 10.2. The van der Waals surface area contributed by atoms with E-state index in [9.17, 15) is 5.11 Å². The molecule has 0 heterocycles. The van der Waals surface area contributed by atoms with Crippen LogP contribution in [0.25, 0.3) is 0 Å². The van der Waals surface area contributed by atoms with E-state index < -0.39 is 0 Å². The smallest absolute Gasteiger partial charge is 0.144 e. The van der Waals surface area contributed by atoms with E-state index in [-0.39, 0.29) is 0 Å². The monoisotopic (exact) mass is 278 g/mol. The molecule has 0 aliphatic carbocycles. The van der Waals surface area contributed by atoms with Gasteiger partial charge in [-0.05, 0) is 47.0 Å². The Balaban J connectivity index is 3.37. The molecular weight excluding hydrogens is 268 g/mol. The molecule has 0 aliphatic heterocycles. The van der Waals surface area contributed by atoms with Gasteiger partial charge in [0.15, 0.2) is 0 Å². The topological polar surface area (TPSA) is 20.2 Å². The first-order chi connectivity index (χ1) is 6.11. The van der Waals surface area contributed by atoms with Crippen LogP contribution < -0.4 is 0 Å². The molecule has 0 saturated heterocycles. The minimum Gasteiger partial charge on any atom is -0.506 e. The molecule has 0 amide bonds. The van der Waals surface area contributed by atoms with E-state index in [0.717, 1.165) is 14.3 Å². The van der Waals surface area contributed by atoms with Gasteiger partial charge in [-0.1, -0.05) is 0 Å². The predicted molar refractivity (Wildman–Crippen MR) is 64.1 cm³/mol. The van der Waals surface area contributed by atoms with Crippen LogP contribution in [-0.4, -0.2) is 17.6 Å². The third kappa shape index (κ3) is 2.17. The first-order valence-electron chi connectivity index (χ1n) is 3.71. The molecule has 1 nitrogen and oxygen atoms in total. The number of hydrogen-bond acceptors (Lipinski definition) is 3. The number of benzene rings is 1. The first-order valence-corrected chi connectivity index (χ1v) is 6.96. The zero-order valence-corrected chi connectivity index (χ0v) is 10.9. The molecule has 13 heavy (non-hydrogen) atoms. The van der Waals surface area contributed by atoms with Crippen LogP contribution >= 0.6 is 39.5 Å². The van der Waals surface area contributed by atoms with Crippen molar-refractivity contribution in [2.45, 2.75) is 16.7 Å². The number of phenols is 1. The summed E-state index contributed by atoms with van der Waals surface area (Å²) in [5, 5.41) is 9.75. The zero-order chi connectivity index (χ0) is 10.0. The average Bonchev–Trinajstić information content (AvgIpc) is 2.12. The maximum atomic E-state index is 9.75. The second kappa shape index (κ2) is 4.62. The third-order valence-corrected chi connectivity index (χ3v) is 4.49. The van der Waals surface area contributed by atoms with Crippen molar-refractivity contribution in [3.63, 3.8) is 0 Å². The third-order valence-electron chi connectivity index (χ3n) is 1.77. The van der Waals surface area contributed by atoms with E-state index in [2.05, 4.69) is 22.9 Å². The van der Waals surface area contributed by atoms with Crippen LogP contribution in [0.4, 0.5) is 0 Å². The molecular formula is C9H11BrOS2. The number of halogens is 1. The Kier molecular flexibility index (Phi) is 4.01. The molecule has 0 aromatic heterocycles. The minimum atomic E-state index is 0.349. The summed E-state index contributed by atoms with van der Waals surface area (Å²) >= 11 is 6.59. The molecule has 0 bridgehead atoms. The van der Waals surface area contributed by atoms with Crippen LogP contribution in [0, 0.1) is 6.92 Å². The number of thioether (sulfide) groups is 2. The Morgan fingerprint density at radius 3 is 2.38 bits per heavy atom. The predicted octanol–water partition coefficient (Wildman–Crippen LogP) is 3.91. The molecule has 0 radical (unpaired) electrons. The standard InChI is InChI=1S/C9H11BrOS2/c1-5-4-6(12-2)8(11)7(10)9(5)13-3/h4,11H,1-3H3. The van der Waals surface area contributed by atoms with Crippen molar-refractivity contribution in [2.24, 2.45) is 0 Å². The largest absolute Gasteiger partial charge is 0.506 e. The Labute approximate surface area is 95.4 Å².